The predicted octanol–water partition coefficient (Wildman–Crippen LogP) is 5.16. The summed E-state index contributed by atoms with van der Waals surface area (Å²) in [4.78, 5) is 26.0. The number of morpholine rings is 1. The topological polar surface area (TPSA) is 108 Å². The molecule has 3 aromatic rings. The van der Waals surface area contributed by atoms with Crippen LogP contribution < -0.4 is 9.50 Å². The Kier molecular flexibility index (Phi) is 8.72. The summed E-state index contributed by atoms with van der Waals surface area (Å²) < 4.78 is 94.4. The van der Waals surface area contributed by atoms with E-state index < -0.39 is 50.5 Å². The first-order chi connectivity index (χ1) is 20.8. The lowest BCUT2D eigenvalue weighted by molar-refractivity contribution is -0.154. The summed E-state index contributed by atoms with van der Waals surface area (Å²) in [7, 11) is -6.02. The Bertz CT molecular complexity index is 1650. The molecule has 8 nitrogen and oxygen atoms in total. The van der Waals surface area contributed by atoms with E-state index in [9.17, 15) is 31.2 Å². The number of carbonyl (C=O) groups is 2. The largest absolute Gasteiger partial charge is 0.534 e. The monoisotopic (exact) mass is 635 g/mol. The van der Waals surface area contributed by atoms with Crippen LogP contribution in [0.5, 0.6) is 5.75 Å². The van der Waals surface area contributed by atoms with Gasteiger partial charge in [-0.15, -0.1) is 0 Å². The molecule has 0 bridgehead atoms. The van der Waals surface area contributed by atoms with Crippen LogP contribution in [0, 0.1) is 23.6 Å². The van der Waals surface area contributed by atoms with Gasteiger partial charge in [-0.3, -0.25) is 9.59 Å². The number of ether oxygens (including phenoxy) is 2. The van der Waals surface area contributed by atoms with E-state index in [0.29, 0.717) is 6.42 Å². The van der Waals surface area contributed by atoms with Crippen molar-refractivity contribution in [1.29, 1.82) is 0 Å². The number of esters is 1. The molecule has 3 aromatic carbocycles. The number of nitrogens with one attached hydrogen (secondary N) is 1. The third kappa shape index (κ3) is 6.29. The minimum Gasteiger partial charge on any atom is -0.461 e. The molecule has 1 saturated carbocycles. The number of carbonyl (C=O) groups excluding carboxylic acids is 2. The van der Waals surface area contributed by atoms with Gasteiger partial charge >= 0.3 is 21.6 Å². The van der Waals surface area contributed by atoms with E-state index in [-0.39, 0.29) is 54.8 Å². The highest BCUT2D eigenvalue weighted by molar-refractivity contribution is 7.88. The Hall–Kier alpha value is -3.97. The van der Waals surface area contributed by atoms with Crippen LogP contribution >= 0.6 is 0 Å². The summed E-state index contributed by atoms with van der Waals surface area (Å²) in [6.45, 7) is 1.79. The smallest absolute Gasteiger partial charge is 0.461 e. The summed E-state index contributed by atoms with van der Waals surface area (Å²) in [6.07, 6.45) is 0.296. The molecule has 4 atom stereocenters. The summed E-state index contributed by atoms with van der Waals surface area (Å²) in [6, 6.07) is 18.2. The maximum absolute atomic E-state index is 16.2. The standard InChI is InChI=1S/C31H29F4NO7S/c1-19-15-30(18-41-17-26(37)36-30)24(27(19)29(38)42-16-20-8-3-2-4-9-20)14-21-10-7-12-23(28(21)32)22-11-5-6-13-25(22)43-44(39,40)31(33,34)35/h2-13,19,24,27H,14-18H2,1H3,(H,36,37)/t19-,24?,27?,30?/m1/s1. The predicted molar refractivity (Wildman–Crippen MR) is 150 cm³/mol. The first kappa shape index (κ1) is 31.5. The van der Waals surface area contributed by atoms with Crippen molar-refractivity contribution >= 4 is 22.0 Å². The van der Waals surface area contributed by atoms with E-state index in [2.05, 4.69) is 9.50 Å². The molecule has 13 heteroatoms. The molecule has 1 aliphatic heterocycles. The van der Waals surface area contributed by atoms with Gasteiger partial charge in [-0.05, 0) is 36.0 Å². The fourth-order valence-corrected chi connectivity index (χ4v) is 6.71. The lowest BCUT2D eigenvalue weighted by Gasteiger charge is -2.40. The lowest BCUT2D eigenvalue weighted by atomic mass is 9.77. The van der Waals surface area contributed by atoms with Gasteiger partial charge in [-0.1, -0.05) is 73.7 Å². The zero-order valence-electron chi connectivity index (χ0n) is 23.5. The first-order valence-corrected chi connectivity index (χ1v) is 15.2. The average Bonchev–Trinajstić information content (AvgIpc) is 3.22. The Balaban J connectivity index is 1.49. The highest BCUT2D eigenvalue weighted by Crippen LogP contribution is 2.48. The van der Waals surface area contributed by atoms with Gasteiger partial charge in [0.05, 0.1) is 18.1 Å². The maximum Gasteiger partial charge on any atom is 0.534 e. The average molecular weight is 636 g/mol. The molecule has 1 amide bonds. The van der Waals surface area contributed by atoms with E-state index in [0.717, 1.165) is 11.6 Å². The first-order valence-electron chi connectivity index (χ1n) is 13.8. The third-order valence-electron chi connectivity index (χ3n) is 8.10. The Morgan fingerprint density at radius 2 is 1.70 bits per heavy atom. The number of hydrogen-bond donors (Lipinski definition) is 1. The van der Waals surface area contributed by atoms with Gasteiger partial charge in [-0.25, -0.2) is 4.39 Å². The fourth-order valence-electron chi connectivity index (χ4n) is 6.23. The molecule has 1 aliphatic carbocycles. The SMILES string of the molecule is C[C@@H]1CC2(COCC(=O)N2)C(Cc2cccc(-c3ccccc3OS(=O)(=O)C(F)(F)F)c2F)C1C(=O)OCc1ccccc1. The summed E-state index contributed by atoms with van der Waals surface area (Å²) in [5, 5.41) is 2.98. The van der Waals surface area contributed by atoms with Gasteiger partial charge in [0.1, 0.15) is 19.0 Å². The molecule has 1 heterocycles. The van der Waals surface area contributed by atoms with Crippen molar-refractivity contribution in [3.8, 4) is 16.9 Å². The number of hydrogen-bond acceptors (Lipinski definition) is 7. The van der Waals surface area contributed by atoms with Crippen LogP contribution in [0.15, 0.2) is 72.8 Å². The third-order valence-corrected chi connectivity index (χ3v) is 9.06. The second-order valence-electron chi connectivity index (χ2n) is 11.1. The molecule has 1 spiro atoms. The molecule has 0 radical (unpaired) electrons. The number of benzene rings is 3. The summed E-state index contributed by atoms with van der Waals surface area (Å²) >= 11 is 0. The van der Waals surface area contributed by atoms with Crippen LogP contribution in [0.4, 0.5) is 17.6 Å². The van der Waals surface area contributed by atoms with Gasteiger partial charge in [0, 0.05) is 17.0 Å². The quantitative estimate of drug-likeness (QED) is 0.158. The van der Waals surface area contributed by atoms with Crippen molar-refractivity contribution in [2.75, 3.05) is 13.2 Å². The maximum atomic E-state index is 16.2. The van der Waals surface area contributed by atoms with Crippen molar-refractivity contribution in [3.63, 3.8) is 0 Å². The molecule has 3 unspecified atom stereocenters. The highest BCUT2D eigenvalue weighted by Gasteiger charge is 2.57. The van der Waals surface area contributed by atoms with Crippen molar-refractivity contribution in [2.45, 2.75) is 37.4 Å². The number of para-hydroxylation sites is 1. The molecule has 234 valence electrons. The molecular weight excluding hydrogens is 606 g/mol. The van der Waals surface area contributed by atoms with E-state index in [4.69, 9.17) is 9.47 Å². The van der Waals surface area contributed by atoms with Crippen LogP contribution in [0.2, 0.25) is 0 Å². The van der Waals surface area contributed by atoms with Crippen molar-refractivity contribution in [2.24, 2.45) is 17.8 Å². The number of rotatable bonds is 8. The van der Waals surface area contributed by atoms with Crippen LogP contribution in [0.1, 0.15) is 24.5 Å². The van der Waals surface area contributed by atoms with Crippen molar-refractivity contribution < 1.29 is 49.2 Å². The minimum atomic E-state index is -6.02. The minimum absolute atomic E-state index is 0.0208. The second kappa shape index (κ2) is 12.2. The normalized spacial score (nSPS) is 23.8. The van der Waals surface area contributed by atoms with Crippen molar-refractivity contribution in [1.82, 2.24) is 5.32 Å². The lowest BCUT2D eigenvalue weighted by Crippen LogP contribution is -2.60. The van der Waals surface area contributed by atoms with Crippen LogP contribution in [0.25, 0.3) is 11.1 Å². The zero-order chi connectivity index (χ0) is 31.7. The Labute approximate surface area is 251 Å². The number of halogens is 4. The van der Waals surface area contributed by atoms with Crippen LogP contribution in [-0.2, 0) is 42.2 Å². The van der Waals surface area contributed by atoms with Gasteiger partial charge in [-0.2, -0.15) is 21.6 Å². The fraction of sp³-hybridized carbons (Fsp3) is 0.355. The van der Waals surface area contributed by atoms with E-state index >= 15 is 4.39 Å². The molecule has 0 aromatic heterocycles. The zero-order valence-corrected chi connectivity index (χ0v) is 24.3. The Morgan fingerprint density at radius 1 is 1.02 bits per heavy atom. The number of amides is 1. The van der Waals surface area contributed by atoms with Gasteiger partial charge in [0.25, 0.3) is 0 Å². The van der Waals surface area contributed by atoms with E-state index in [1.54, 1.807) is 0 Å². The second-order valence-corrected chi connectivity index (χ2v) is 12.6. The van der Waals surface area contributed by atoms with Crippen LogP contribution in [-0.4, -0.2) is 44.6 Å². The molecular formula is C31H29F4NO7S. The Morgan fingerprint density at radius 3 is 2.41 bits per heavy atom. The van der Waals surface area contributed by atoms with Gasteiger partial charge < -0.3 is 19.0 Å². The van der Waals surface area contributed by atoms with E-state index in [1.807, 2.05) is 37.3 Å². The molecule has 1 N–H and O–H groups in total. The highest BCUT2D eigenvalue weighted by atomic mass is 32.2. The van der Waals surface area contributed by atoms with Gasteiger partial charge in [0.2, 0.25) is 5.91 Å². The summed E-state index contributed by atoms with van der Waals surface area (Å²) in [5.41, 5.74) is -6.25. The molecule has 2 aliphatic rings. The molecule has 44 heavy (non-hydrogen) atoms. The molecule has 5 rings (SSSR count). The van der Waals surface area contributed by atoms with Crippen molar-refractivity contribution in [3.05, 3.63) is 89.7 Å². The van der Waals surface area contributed by atoms with E-state index in [1.165, 1.54) is 36.4 Å². The summed E-state index contributed by atoms with van der Waals surface area (Å²) in [5.74, 6) is -4.15. The number of alkyl halides is 3. The van der Waals surface area contributed by atoms with Crippen LogP contribution in [0.3, 0.4) is 0 Å². The van der Waals surface area contributed by atoms with Gasteiger partial charge in [0.15, 0.2) is 5.75 Å². The molecule has 1 saturated heterocycles. The molecule has 2 fully saturated rings.